The van der Waals surface area contributed by atoms with Crippen LogP contribution in [0.5, 0.6) is 0 Å². The predicted octanol–water partition coefficient (Wildman–Crippen LogP) is 5.53. The van der Waals surface area contributed by atoms with Gasteiger partial charge in [-0.2, -0.15) is 13.2 Å². The van der Waals surface area contributed by atoms with E-state index in [1.165, 1.54) is 29.5 Å². The number of benzene rings is 1. The van der Waals surface area contributed by atoms with E-state index >= 15 is 0 Å². The number of hydrogen-bond acceptors (Lipinski definition) is 4. The first kappa shape index (κ1) is 17.1. The fourth-order valence-corrected chi connectivity index (χ4v) is 4.15. The zero-order valence-electron chi connectivity index (χ0n) is 13.8. The number of rotatable bonds is 2. The van der Waals surface area contributed by atoms with Gasteiger partial charge in [-0.15, -0.1) is 11.3 Å². The molecule has 0 unspecified atom stereocenters. The Bertz CT molecular complexity index is 983. The lowest BCUT2D eigenvalue weighted by Crippen LogP contribution is -2.29. The second-order valence-electron chi connectivity index (χ2n) is 6.38. The molecule has 136 valence electrons. The Labute approximate surface area is 151 Å². The second-order valence-corrected chi connectivity index (χ2v) is 7.26. The summed E-state index contributed by atoms with van der Waals surface area (Å²) in [5.74, 6) is 0.536. The van der Waals surface area contributed by atoms with Gasteiger partial charge in [0.1, 0.15) is 4.70 Å². The monoisotopic (exact) mass is 379 g/mol. The van der Waals surface area contributed by atoms with Gasteiger partial charge in [0.25, 0.3) is 0 Å². The van der Waals surface area contributed by atoms with Crippen LogP contribution in [0.4, 0.5) is 19.1 Å². The lowest BCUT2D eigenvalue weighted by molar-refractivity contribution is -0.137. The first-order chi connectivity index (χ1) is 12.4. The summed E-state index contributed by atoms with van der Waals surface area (Å²) in [6.07, 6.45) is -1.10. The molecule has 0 amide bonds. The van der Waals surface area contributed by atoms with Gasteiger partial charge in [-0.05, 0) is 37.0 Å². The van der Waals surface area contributed by atoms with E-state index in [2.05, 4.69) is 4.90 Å². The summed E-state index contributed by atoms with van der Waals surface area (Å²) in [4.78, 5) is 14.5. The van der Waals surface area contributed by atoms with Crippen molar-refractivity contribution in [3.8, 4) is 11.1 Å². The highest BCUT2D eigenvalue weighted by Crippen LogP contribution is 2.36. The van der Waals surface area contributed by atoms with Crippen molar-refractivity contribution in [2.24, 2.45) is 0 Å². The Hall–Kier alpha value is -2.28. The molecule has 3 heterocycles. The smallest absolute Gasteiger partial charge is 0.416 e. The van der Waals surface area contributed by atoms with Crippen LogP contribution in [0.1, 0.15) is 24.8 Å². The number of nitrogens with zero attached hydrogens (tertiary/aromatic N) is 1. The molecule has 1 aromatic carbocycles. The minimum Gasteiger partial charge on any atom is -0.439 e. The maximum atomic E-state index is 12.8. The molecule has 2 aromatic heterocycles. The van der Waals surface area contributed by atoms with Gasteiger partial charge in [0, 0.05) is 30.1 Å². The van der Waals surface area contributed by atoms with E-state index in [0.717, 1.165) is 44.5 Å². The van der Waals surface area contributed by atoms with Gasteiger partial charge < -0.3 is 9.32 Å². The third kappa shape index (κ3) is 3.11. The molecule has 0 N–H and O–H groups in total. The highest BCUT2D eigenvalue weighted by atomic mass is 32.1. The number of thiophene rings is 1. The van der Waals surface area contributed by atoms with Crippen LogP contribution >= 0.6 is 11.3 Å². The van der Waals surface area contributed by atoms with Crippen LogP contribution in [0, 0.1) is 0 Å². The molecular weight excluding hydrogens is 363 g/mol. The van der Waals surface area contributed by atoms with Crippen LogP contribution in [0.15, 0.2) is 44.9 Å². The topological polar surface area (TPSA) is 33.5 Å². The zero-order valence-corrected chi connectivity index (χ0v) is 14.6. The third-order valence-electron chi connectivity index (χ3n) is 4.62. The Kier molecular flexibility index (Phi) is 4.26. The molecule has 0 aliphatic carbocycles. The van der Waals surface area contributed by atoms with Gasteiger partial charge in [0.2, 0.25) is 5.43 Å². The lowest BCUT2D eigenvalue weighted by Gasteiger charge is -2.26. The van der Waals surface area contributed by atoms with Gasteiger partial charge in [0.05, 0.1) is 5.56 Å². The second kappa shape index (κ2) is 6.46. The van der Waals surface area contributed by atoms with Crippen molar-refractivity contribution in [3.63, 3.8) is 0 Å². The standard InChI is InChI=1S/C19H16F3NO2S/c20-19(21,22)13-6-4-12(5-7-13)14-11-26-18-15(24)10-16(25-17(14)18)23-8-2-1-3-9-23/h4-7,10-11H,1-3,8-9H2. The quantitative estimate of drug-likeness (QED) is 0.587. The number of anilines is 1. The maximum absolute atomic E-state index is 12.8. The largest absolute Gasteiger partial charge is 0.439 e. The van der Waals surface area contributed by atoms with Crippen molar-refractivity contribution in [2.45, 2.75) is 25.4 Å². The van der Waals surface area contributed by atoms with Crippen molar-refractivity contribution >= 4 is 27.5 Å². The number of halogens is 3. The molecule has 3 nitrogen and oxygen atoms in total. The average molecular weight is 379 g/mol. The van der Waals surface area contributed by atoms with Gasteiger partial charge in [-0.25, -0.2) is 0 Å². The minimum absolute atomic E-state index is 0.116. The molecule has 1 saturated heterocycles. The summed E-state index contributed by atoms with van der Waals surface area (Å²) in [5, 5.41) is 1.76. The molecule has 0 bridgehead atoms. The van der Waals surface area contributed by atoms with Gasteiger partial charge in [-0.3, -0.25) is 4.79 Å². The van der Waals surface area contributed by atoms with Crippen LogP contribution in [0.2, 0.25) is 0 Å². The van der Waals surface area contributed by atoms with E-state index in [4.69, 9.17) is 4.42 Å². The summed E-state index contributed by atoms with van der Waals surface area (Å²) < 4.78 is 44.8. The van der Waals surface area contributed by atoms with E-state index in [1.54, 1.807) is 5.38 Å². The summed E-state index contributed by atoms with van der Waals surface area (Å²) in [6.45, 7) is 1.68. The van der Waals surface area contributed by atoms with Crippen LogP contribution in [-0.2, 0) is 6.18 Å². The number of piperidine rings is 1. The fourth-order valence-electron chi connectivity index (χ4n) is 3.24. The summed E-state index contributed by atoms with van der Waals surface area (Å²) in [7, 11) is 0. The minimum atomic E-state index is -4.37. The van der Waals surface area contributed by atoms with Crippen LogP contribution in [0.25, 0.3) is 21.4 Å². The van der Waals surface area contributed by atoms with Crippen LogP contribution < -0.4 is 10.3 Å². The highest BCUT2D eigenvalue weighted by Gasteiger charge is 2.30. The van der Waals surface area contributed by atoms with Crippen molar-refractivity contribution in [3.05, 3.63) is 51.5 Å². The van der Waals surface area contributed by atoms with E-state index in [0.29, 0.717) is 27.3 Å². The van der Waals surface area contributed by atoms with E-state index in [-0.39, 0.29) is 5.43 Å². The molecule has 0 atom stereocenters. The maximum Gasteiger partial charge on any atom is 0.416 e. The van der Waals surface area contributed by atoms with Gasteiger partial charge in [0.15, 0.2) is 11.5 Å². The van der Waals surface area contributed by atoms with Crippen molar-refractivity contribution in [2.75, 3.05) is 18.0 Å². The van der Waals surface area contributed by atoms with Gasteiger partial charge in [-0.1, -0.05) is 12.1 Å². The van der Waals surface area contributed by atoms with Crippen molar-refractivity contribution in [1.29, 1.82) is 0 Å². The zero-order chi connectivity index (χ0) is 18.3. The first-order valence-corrected chi connectivity index (χ1v) is 9.29. The fraction of sp³-hybridized carbons (Fsp3) is 0.316. The van der Waals surface area contributed by atoms with Crippen molar-refractivity contribution < 1.29 is 17.6 Å². The number of alkyl halides is 3. The molecule has 1 aliphatic heterocycles. The molecule has 0 saturated carbocycles. The summed E-state index contributed by atoms with van der Waals surface area (Å²) in [5.41, 5.74) is 0.881. The summed E-state index contributed by atoms with van der Waals surface area (Å²) >= 11 is 1.25. The average Bonchev–Trinajstić information content (AvgIpc) is 3.06. The SMILES string of the molecule is O=c1cc(N2CCCCC2)oc2c(-c3ccc(C(F)(F)F)cc3)csc12. The molecular formula is C19H16F3NO2S. The Morgan fingerprint density at radius 3 is 2.38 bits per heavy atom. The molecule has 26 heavy (non-hydrogen) atoms. The molecule has 4 rings (SSSR count). The Morgan fingerprint density at radius 1 is 1.04 bits per heavy atom. The van der Waals surface area contributed by atoms with Crippen molar-refractivity contribution in [1.82, 2.24) is 0 Å². The number of hydrogen-bond donors (Lipinski definition) is 0. The van der Waals surface area contributed by atoms with Crippen LogP contribution in [0.3, 0.4) is 0 Å². The Balaban J connectivity index is 1.78. The number of fused-ring (bicyclic) bond motifs is 1. The molecule has 0 spiro atoms. The lowest BCUT2D eigenvalue weighted by atomic mass is 10.1. The first-order valence-electron chi connectivity index (χ1n) is 8.41. The van der Waals surface area contributed by atoms with E-state index in [9.17, 15) is 18.0 Å². The predicted molar refractivity (Wildman–Crippen MR) is 96.9 cm³/mol. The molecule has 1 aliphatic rings. The molecule has 7 heteroatoms. The van der Waals surface area contributed by atoms with E-state index < -0.39 is 11.7 Å². The molecule has 3 aromatic rings. The third-order valence-corrected chi connectivity index (χ3v) is 5.60. The normalized spacial score (nSPS) is 15.6. The highest BCUT2D eigenvalue weighted by molar-refractivity contribution is 7.17. The van der Waals surface area contributed by atoms with E-state index in [1.807, 2.05) is 0 Å². The Morgan fingerprint density at radius 2 is 1.73 bits per heavy atom. The summed E-state index contributed by atoms with van der Waals surface area (Å²) in [6, 6.07) is 6.44. The molecule has 1 fully saturated rings. The molecule has 0 radical (unpaired) electrons. The van der Waals surface area contributed by atoms with Crippen LogP contribution in [-0.4, -0.2) is 13.1 Å². The van der Waals surface area contributed by atoms with Gasteiger partial charge >= 0.3 is 6.18 Å².